The number of ether oxygens (including phenoxy) is 4. The Balaban J connectivity index is 1.71. The first-order valence-corrected chi connectivity index (χ1v) is 13.9. The van der Waals surface area contributed by atoms with Gasteiger partial charge >= 0.3 is 24.4 Å². The van der Waals surface area contributed by atoms with Crippen LogP contribution in [0.5, 0.6) is 17.2 Å². The van der Waals surface area contributed by atoms with Gasteiger partial charge in [-0.2, -0.15) is 26.3 Å². The van der Waals surface area contributed by atoms with Gasteiger partial charge in [0.15, 0.2) is 11.5 Å². The molecule has 0 aliphatic heterocycles. The van der Waals surface area contributed by atoms with Gasteiger partial charge < -0.3 is 29.6 Å². The number of nitrogens with one attached hydrogen (secondary N) is 2. The predicted molar refractivity (Wildman–Crippen MR) is 160 cm³/mol. The van der Waals surface area contributed by atoms with Crippen LogP contribution in [0.4, 0.5) is 42.5 Å². The molecule has 0 aliphatic rings. The summed E-state index contributed by atoms with van der Waals surface area (Å²) < 4.78 is 103. The van der Waals surface area contributed by atoms with Crippen molar-refractivity contribution in [3.63, 3.8) is 0 Å². The summed E-state index contributed by atoms with van der Waals surface area (Å²) in [5, 5.41) is 5.15. The number of urea groups is 1. The molecule has 8 nitrogen and oxygen atoms in total. The van der Waals surface area contributed by atoms with Gasteiger partial charge in [-0.1, -0.05) is 24.3 Å². The molecule has 0 aliphatic carbocycles. The minimum atomic E-state index is -4.75. The summed E-state index contributed by atoms with van der Waals surface area (Å²) in [5.74, 6) is -0.360. The van der Waals surface area contributed by atoms with Gasteiger partial charge in [-0.05, 0) is 72.6 Å². The fourth-order valence-corrected chi connectivity index (χ4v) is 4.50. The molecule has 0 unspecified atom stereocenters. The Morgan fingerprint density at radius 2 is 1.19 bits per heavy atom. The van der Waals surface area contributed by atoms with E-state index in [1.165, 1.54) is 57.5 Å². The second kappa shape index (κ2) is 14.4. The summed E-state index contributed by atoms with van der Waals surface area (Å²) in [6.07, 6.45) is -11.0. The molecule has 0 spiro atoms. The quantitative estimate of drug-likeness (QED) is 0.130. The molecule has 2 amide bonds. The van der Waals surface area contributed by atoms with Crippen LogP contribution in [0.3, 0.4) is 0 Å². The number of carbonyl (C=O) groups is 2. The largest absolute Gasteiger partial charge is 0.493 e. The lowest BCUT2D eigenvalue weighted by Gasteiger charge is -2.23. The number of amides is 2. The molecule has 4 rings (SSSR count). The van der Waals surface area contributed by atoms with Crippen LogP contribution in [0, 0.1) is 0 Å². The molecule has 47 heavy (non-hydrogen) atoms. The number of hydrogen-bond donors (Lipinski definition) is 2. The Hall–Kier alpha value is -5.40. The van der Waals surface area contributed by atoms with Crippen LogP contribution in [0.15, 0.2) is 84.9 Å². The van der Waals surface area contributed by atoms with E-state index < -0.39 is 41.6 Å². The number of hydrogen-bond acceptors (Lipinski definition) is 6. The first-order valence-electron chi connectivity index (χ1n) is 13.9. The fraction of sp³-hybridized carbons (Fsp3) is 0.212. The van der Waals surface area contributed by atoms with Crippen LogP contribution in [-0.4, -0.2) is 32.8 Å². The zero-order valence-electron chi connectivity index (χ0n) is 25.1. The van der Waals surface area contributed by atoms with Gasteiger partial charge in [0, 0.05) is 17.4 Å². The van der Waals surface area contributed by atoms with E-state index in [0.717, 1.165) is 36.4 Å². The second-order valence-electron chi connectivity index (χ2n) is 9.82. The smallest absolute Gasteiger partial charge is 0.416 e. The van der Waals surface area contributed by atoms with Crippen molar-refractivity contribution in [2.75, 3.05) is 31.5 Å². The number of methoxy groups -OCH3 is 2. The molecule has 0 aromatic heterocycles. The highest BCUT2D eigenvalue weighted by atomic mass is 19.4. The van der Waals surface area contributed by atoms with E-state index in [0.29, 0.717) is 17.2 Å². The van der Waals surface area contributed by atoms with Gasteiger partial charge in [0.2, 0.25) is 0 Å². The van der Waals surface area contributed by atoms with E-state index in [2.05, 4.69) is 10.6 Å². The highest BCUT2D eigenvalue weighted by Gasteiger charge is 2.34. The van der Waals surface area contributed by atoms with E-state index in [-0.39, 0.29) is 34.7 Å². The van der Waals surface area contributed by atoms with Crippen LogP contribution < -0.4 is 24.8 Å². The van der Waals surface area contributed by atoms with Crippen LogP contribution in [0.1, 0.15) is 45.6 Å². The van der Waals surface area contributed by atoms with Crippen LogP contribution >= 0.6 is 0 Å². The first-order chi connectivity index (χ1) is 22.2. The van der Waals surface area contributed by atoms with Crippen LogP contribution in [0.2, 0.25) is 0 Å². The van der Waals surface area contributed by atoms with Crippen LogP contribution in [-0.2, 0) is 17.1 Å². The minimum Gasteiger partial charge on any atom is -0.493 e. The number of carbonyl (C=O) groups excluding carboxylic acids is 2. The third-order valence-electron chi connectivity index (χ3n) is 6.65. The summed E-state index contributed by atoms with van der Waals surface area (Å²) in [6, 6.07) is 15.6. The van der Waals surface area contributed by atoms with Gasteiger partial charge in [-0.25, -0.2) is 9.59 Å². The standard InChI is InChI=1S/C33H28F6N2O6/c1-4-46-30(42)25-17-23(40-31(43)41-24-12-14-27(44-2)28(18-24)45-3)11-13-26(25)47-29(19-7-5-9-21(15-19)32(34,35)36)20-8-6-10-22(16-20)33(37,38)39/h5-18,29H,4H2,1-3H3,(H2,40,41,43). The zero-order chi connectivity index (χ0) is 34.4. The minimum absolute atomic E-state index is 0.0690. The predicted octanol–water partition coefficient (Wildman–Crippen LogP) is 8.73. The maximum absolute atomic E-state index is 13.6. The molecule has 0 atom stereocenters. The average molecular weight is 663 g/mol. The summed E-state index contributed by atoms with van der Waals surface area (Å²) in [6.45, 7) is 1.46. The second-order valence-corrected chi connectivity index (χ2v) is 9.82. The van der Waals surface area contributed by atoms with Gasteiger partial charge in [0.05, 0.1) is 32.0 Å². The number of esters is 1. The van der Waals surface area contributed by atoms with Crippen molar-refractivity contribution >= 4 is 23.4 Å². The molecule has 14 heteroatoms. The van der Waals surface area contributed by atoms with E-state index in [4.69, 9.17) is 18.9 Å². The molecule has 2 N–H and O–H groups in total. The van der Waals surface area contributed by atoms with Crippen molar-refractivity contribution in [3.8, 4) is 17.2 Å². The van der Waals surface area contributed by atoms with Crippen LogP contribution in [0.25, 0.3) is 0 Å². The topological polar surface area (TPSA) is 95.1 Å². The first kappa shape index (κ1) is 34.5. The van der Waals surface area contributed by atoms with Gasteiger partial charge in [-0.15, -0.1) is 0 Å². The normalized spacial score (nSPS) is 11.5. The van der Waals surface area contributed by atoms with E-state index in [1.54, 1.807) is 12.1 Å². The Labute approximate surface area is 265 Å². The monoisotopic (exact) mass is 662 g/mol. The SMILES string of the molecule is CCOC(=O)c1cc(NC(=O)Nc2ccc(OC)c(OC)c2)ccc1OC(c1cccc(C(F)(F)F)c1)c1cccc(C(F)(F)F)c1. The van der Waals surface area contributed by atoms with E-state index in [1.807, 2.05) is 0 Å². The molecule has 248 valence electrons. The Morgan fingerprint density at radius 3 is 1.68 bits per heavy atom. The van der Waals surface area contributed by atoms with E-state index >= 15 is 0 Å². The summed E-state index contributed by atoms with van der Waals surface area (Å²) in [4.78, 5) is 25.8. The lowest BCUT2D eigenvalue weighted by Crippen LogP contribution is -2.20. The van der Waals surface area contributed by atoms with Gasteiger partial charge in [-0.3, -0.25) is 0 Å². The van der Waals surface area contributed by atoms with Crippen molar-refractivity contribution in [2.24, 2.45) is 0 Å². The number of alkyl halides is 6. The van der Waals surface area contributed by atoms with Crippen molar-refractivity contribution in [3.05, 3.63) is 113 Å². The maximum Gasteiger partial charge on any atom is 0.416 e. The average Bonchev–Trinajstić information content (AvgIpc) is 3.03. The Kier molecular flexibility index (Phi) is 10.5. The molecule has 4 aromatic carbocycles. The Bertz CT molecular complexity index is 1680. The molecule has 0 radical (unpaired) electrons. The molecular formula is C33H28F6N2O6. The third-order valence-corrected chi connectivity index (χ3v) is 6.65. The van der Waals surface area contributed by atoms with Crippen molar-refractivity contribution < 1.29 is 54.9 Å². The summed E-state index contributed by atoms with van der Waals surface area (Å²) in [7, 11) is 2.88. The molecule has 0 saturated heterocycles. The lowest BCUT2D eigenvalue weighted by molar-refractivity contribution is -0.138. The molecular weight excluding hydrogens is 634 g/mol. The fourth-order valence-electron chi connectivity index (χ4n) is 4.50. The van der Waals surface area contributed by atoms with E-state index in [9.17, 15) is 35.9 Å². The number of benzene rings is 4. The van der Waals surface area contributed by atoms with Gasteiger partial charge in [0.25, 0.3) is 0 Å². The lowest BCUT2D eigenvalue weighted by atomic mass is 9.97. The summed E-state index contributed by atoms with van der Waals surface area (Å²) in [5.41, 5.74) is -2.19. The highest BCUT2D eigenvalue weighted by molar-refractivity contribution is 6.01. The maximum atomic E-state index is 13.6. The molecule has 0 bridgehead atoms. The van der Waals surface area contributed by atoms with Crippen molar-refractivity contribution in [2.45, 2.75) is 25.4 Å². The molecule has 0 fully saturated rings. The van der Waals surface area contributed by atoms with Crippen molar-refractivity contribution in [1.82, 2.24) is 0 Å². The highest BCUT2D eigenvalue weighted by Crippen LogP contribution is 2.38. The molecule has 0 heterocycles. The van der Waals surface area contributed by atoms with Crippen molar-refractivity contribution in [1.29, 1.82) is 0 Å². The number of halogens is 6. The molecule has 4 aromatic rings. The molecule has 0 saturated carbocycles. The summed E-state index contributed by atoms with van der Waals surface area (Å²) >= 11 is 0. The number of anilines is 2. The Morgan fingerprint density at radius 1 is 0.681 bits per heavy atom. The number of rotatable bonds is 10. The third kappa shape index (κ3) is 8.66. The zero-order valence-corrected chi connectivity index (χ0v) is 25.1. The van der Waals surface area contributed by atoms with Gasteiger partial charge in [0.1, 0.15) is 17.4 Å².